The van der Waals surface area contributed by atoms with Crippen LogP contribution in [0.3, 0.4) is 0 Å². The number of benzene rings is 4. The molecule has 0 spiro atoms. The lowest BCUT2D eigenvalue weighted by atomic mass is 9.95. The molecule has 4 aromatic carbocycles. The third-order valence-electron chi connectivity index (χ3n) is 12.3. The maximum atomic E-state index is 14.8. The minimum absolute atomic E-state index is 0.00340. The van der Waals surface area contributed by atoms with E-state index < -0.39 is 69.3 Å². The molecular weight excluding hydrogens is 865 g/mol. The molecule has 18 nitrogen and oxygen atoms in total. The number of nitrogens with two attached hydrogens (primary N) is 2. The number of aliphatic carboxylic acids is 1. The molecule has 1 aliphatic heterocycles. The Bertz CT molecular complexity index is 2780. The van der Waals surface area contributed by atoms with E-state index in [4.69, 9.17) is 11.5 Å². The molecule has 1 aromatic heterocycles. The van der Waals surface area contributed by atoms with Gasteiger partial charge in [0, 0.05) is 80.0 Å². The molecule has 7 rings (SSSR count). The number of H-pyrrole nitrogens is 1. The third-order valence-corrected chi connectivity index (χ3v) is 13.9. The van der Waals surface area contributed by atoms with E-state index in [1.807, 2.05) is 67.5 Å². The minimum Gasteiger partial charge on any atom is -0.480 e. The average molecular weight is 921 g/mol. The van der Waals surface area contributed by atoms with Crippen molar-refractivity contribution in [2.75, 3.05) is 32.1 Å². The van der Waals surface area contributed by atoms with Crippen molar-refractivity contribution in [2.24, 2.45) is 16.5 Å². The number of anilines is 1. The van der Waals surface area contributed by atoms with E-state index >= 15 is 0 Å². The summed E-state index contributed by atoms with van der Waals surface area (Å²) in [6.45, 7) is 1.75. The lowest BCUT2D eigenvalue weighted by Crippen LogP contribution is -2.63. The number of carboxylic acids is 1. The normalized spacial score (nSPS) is 16.8. The highest BCUT2D eigenvalue weighted by molar-refractivity contribution is 7.89. The van der Waals surface area contributed by atoms with Crippen LogP contribution in [-0.4, -0.2) is 116 Å². The Morgan fingerprint density at radius 2 is 1.55 bits per heavy atom. The summed E-state index contributed by atoms with van der Waals surface area (Å²) in [4.78, 5) is 79.4. The summed E-state index contributed by atoms with van der Waals surface area (Å²) in [5, 5.41) is 20.2. The monoisotopic (exact) mass is 920 g/mol. The highest BCUT2D eigenvalue weighted by Gasteiger charge is 2.48. The summed E-state index contributed by atoms with van der Waals surface area (Å²) < 4.78 is 31.9. The Kier molecular flexibility index (Phi) is 14.0. The second-order valence-corrected chi connectivity index (χ2v) is 18.8. The number of aromatic nitrogens is 1. The van der Waals surface area contributed by atoms with Crippen LogP contribution in [0.5, 0.6) is 0 Å². The molecule has 0 saturated carbocycles. The number of sulfonamides is 1. The Hall–Kier alpha value is -6.99. The van der Waals surface area contributed by atoms with Crippen LogP contribution in [0.4, 0.5) is 5.69 Å². The topological polar surface area (TPSA) is 275 Å². The first kappa shape index (κ1) is 47.0. The Morgan fingerprint density at radius 3 is 2.24 bits per heavy atom. The number of hydrogen-bond donors (Lipinski definition) is 8. The minimum atomic E-state index is -4.40. The maximum Gasteiger partial charge on any atom is 0.326 e. The van der Waals surface area contributed by atoms with Crippen molar-refractivity contribution < 1.29 is 37.5 Å². The predicted octanol–water partition coefficient (Wildman–Crippen LogP) is 2.05. The quantitative estimate of drug-likeness (QED) is 0.0358. The van der Waals surface area contributed by atoms with Crippen molar-refractivity contribution >= 4 is 72.9 Å². The largest absolute Gasteiger partial charge is 0.480 e. The first-order chi connectivity index (χ1) is 31.5. The van der Waals surface area contributed by atoms with Gasteiger partial charge in [-0.05, 0) is 67.5 Å². The van der Waals surface area contributed by atoms with Gasteiger partial charge < -0.3 is 47.3 Å². The van der Waals surface area contributed by atoms with Crippen LogP contribution < -0.4 is 37.0 Å². The van der Waals surface area contributed by atoms with Gasteiger partial charge in [0.25, 0.3) is 0 Å². The molecule has 348 valence electrons. The fraction of sp³-hybridized carbons (Fsp3) is 0.362. The Morgan fingerprint density at radius 1 is 0.879 bits per heavy atom. The zero-order chi connectivity index (χ0) is 47.3. The van der Waals surface area contributed by atoms with Gasteiger partial charge in [-0.1, -0.05) is 66.7 Å². The fourth-order valence-corrected chi connectivity index (χ4v) is 10.7. The van der Waals surface area contributed by atoms with Gasteiger partial charge in [-0.2, -0.15) is 4.72 Å². The first-order valence-corrected chi connectivity index (χ1v) is 23.3. The molecule has 1 aliphatic carbocycles. The number of fused-ring (bicyclic) bond motifs is 3. The summed E-state index contributed by atoms with van der Waals surface area (Å²) >= 11 is 0. The number of guanidine groups is 1. The van der Waals surface area contributed by atoms with Crippen LogP contribution in [0.25, 0.3) is 21.7 Å². The molecule has 4 atom stereocenters. The summed E-state index contributed by atoms with van der Waals surface area (Å²) in [7, 11) is -0.679. The van der Waals surface area contributed by atoms with Crippen LogP contribution in [0.1, 0.15) is 49.3 Å². The van der Waals surface area contributed by atoms with E-state index in [1.54, 1.807) is 36.5 Å². The molecule has 19 heteroatoms. The molecular formula is C47H56N10O8S. The number of likely N-dealkylation sites (tertiary alicyclic amines) is 1. The molecule has 66 heavy (non-hydrogen) atoms. The highest BCUT2D eigenvalue weighted by atomic mass is 32.2. The van der Waals surface area contributed by atoms with Crippen LogP contribution in [-0.2, 0) is 53.3 Å². The number of aliphatic imine (C=N–C) groups is 1. The number of para-hydroxylation sites is 1. The molecule has 5 aromatic rings. The van der Waals surface area contributed by atoms with Crippen molar-refractivity contribution in [1.82, 2.24) is 30.6 Å². The van der Waals surface area contributed by atoms with Gasteiger partial charge in [0.05, 0.1) is 4.90 Å². The zero-order valence-electron chi connectivity index (χ0n) is 37.0. The average Bonchev–Trinajstić information content (AvgIpc) is 4.04. The van der Waals surface area contributed by atoms with E-state index in [0.717, 1.165) is 27.7 Å². The number of aromatic amines is 1. The Balaban J connectivity index is 1.09. The molecule has 1 fully saturated rings. The molecule has 4 amide bonds. The van der Waals surface area contributed by atoms with E-state index in [-0.39, 0.29) is 62.5 Å². The second kappa shape index (κ2) is 19.6. The standard InChI is InChI=1S/C47H56N10O8S/c1-28(43(60)57-23-11-20-39(57)42(59)53-37(44(61)62)24-31-27-51-35-17-7-6-14-32(31)35)52-41(58)36(18-10-22-50-46(48)49)54-45(63)47(25-29-12-4-5-13-30(29)26-47)55-66(64,65)40-21-9-15-33-34(40)16-8-19-38(33)56(2)3/h4-9,12-17,19,21,27-28,36-37,39,51,55H,10-11,18,20,22-26H2,1-3H3,(H,52,58)(H,53,59)(H,54,63)(H,61,62)(H4,48,49,50)/t28-,36-,37-,39-/m0/s1. The van der Waals surface area contributed by atoms with Gasteiger partial charge >= 0.3 is 5.97 Å². The lowest BCUT2D eigenvalue weighted by molar-refractivity contribution is -0.144. The van der Waals surface area contributed by atoms with E-state index in [9.17, 15) is 37.5 Å². The first-order valence-electron chi connectivity index (χ1n) is 21.8. The Labute approximate surface area is 382 Å². The summed E-state index contributed by atoms with van der Waals surface area (Å²) in [5.41, 5.74) is 13.2. The highest BCUT2D eigenvalue weighted by Crippen LogP contribution is 2.35. The predicted molar refractivity (Wildman–Crippen MR) is 251 cm³/mol. The van der Waals surface area contributed by atoms with E-state index in [0.29, 0.717) is 22.8 Å². The van der Waals surface area contributed by atoms with Crippen LogP contribution >= 0.6 is 0 Å². The molecule has 2 heterocycles. The smallest absolute Gasteiger partial charge is 0.326 e. The molecule has 1 saturated heterocycles. The van der Waals surface area contributed by atoms with E-state index in [1.165, 1.54) is 17.9 Å². The van der Waals surface area contributed by atoms with Crippen molar-refractivity contribution in [3.63, 3.8) is 0 Å². The number of carbonyl (C=O) groups is 5. The molecule has 10 N–H and O–H groups in total. The van der Waals surface area contributed by atoms with Gasteiger partial charge in [0.1, 0.15) is 29.7 Å². The molecule has 0 radical (unpaired) electrons. The van der Waals surface area contributed by atoms with Crippen LogP contribution in [0, 0.1) is 0 Å². The zero-order valence-corrected chi connectivity index (χ0v) is 37.9. The summed E-state index contributed by atoms with van der Waals surface area (Å²) in [5.74, 6) is -4.12. The maximum absolute atomic E-state index is 14.8. The second-order valence-electron chi connectivity index (χ2n) is 17.2. The molecule has 0 unspecified atom stereocenters. The third kappa shape index (κ3) is 10.1. The number of carbonyl (C=O) groups excluding carboxylic acids is 4. The fourth-order valence-electron chi connectivity index (χ4n) is 9.08. The summed E-state index contributed by atoms with van der Waals surface area (Å²) in [6.07, 6.45) is 2.65. The summed E-state index contributed by atoms with van der Waals surface area (Å²) in [6, 6.07) is 20.2. The number of nitrogens with zero attached hydrogens (tertiary/aromatic N) is 3. The van der Waals surface area contributed by atoms with Crippen molar-refractivity contribution in [2.45, 2.75) is 86.5 Å². The number of amides is 4. The molecule has 2 aliphatic rings. The molecule has 0 bridgehead atoms. The van der Waals surface area contributed by atoms with Crippen molar-refractivity contribution in [3.05, 3.63) is 108 Å². The SMILES string of the molecule is C[C@H](NC(=O)[C@H](CCCN=C(N)N)NC(=O)C1(NS(=O)(=O)c2cccc3c(N(C)C)cccc23)Cc2ccccc2C1)C(=O)N1CCC[C@H]1C(=O)N[C@@H](Cc1c[nH]c2ccccc12)C(=O)O. The van der Waals surface area contributed by atoms with Gasteiger partial charge in [-0.3, -0.25) is 24.2 Å². The lowest BCUT2D eigenvalue weighted by Gasteiger charge is -2.32. The van der Waals surface area contributed by atoms with Crippen LogP contribution in [0.15, 0.2) is 101 Å². The van der Waals surface area contributed by atoms with Crippen molar-refractivity contribution in [1.29, 1.82) is 0 Å². The number of rotatable bonds is 18. The van der Waals surface area contributed by atoms with Gasteiger partial charge in [-0.25, -0.2) is 13.2 Å². The van der Waals surface area contributed by atoms with Crippen LogP contribution in [0.2, 0.25) is 0 Å². The number of hydrogen-bond acceptors (Lipinski definition) is 9. The van der Waals surface area contributed by atoms with Gasteiger partial charge in [0.2, 0.25) is 33.7 Å². The van der Waals surface area contributed by atoms with Crippen molar-refractivity contribution in [3.8, 4) is 0 Å². The number of carboxylic acid groups (broad SMARTS) is 1. The van der Waals surface area contributed by atoms with Gasteiger partial charge in [-0.15, -0.1) is 0 Å². The van der Waals surface area contributed by atoms with Gasteiger partial charge in [0.15, 0.2) is 5.96 Å². The number of nitrogens with one attached hydrogen (secondary N) is 5. The van der Waals surface area contributed by atoms with E-state index in [2.05, 4.69) is 30.6 Å².